The first kappa shape index (κ1) is 9.13. The van der Waals surface area contributed by atoms with E-state index in [1.807, 2.05) is 6.08 Å². The predicted molar refractivity (Wildman–Crippen MR) is 23.5 cm³/mol. The summed E-state index contributed by atoms with van der Waals surface area (Å²) >= 11 is 1.35. The quantitative estimate of drug-likeness (QED) is 0.281. The van der Waals surface area contributed by atoms with E-state index in [0.717, 1.165) is 0 Å². The van der Waals surface area contributed by atoms with Gasteiger partial charge in [-0.1, -0.05) is 0 Å². The normalized spacial score (nSPS) is 4.80. The molecule has 0 heterocycles. The second kappa shape index (κ2) is 8.82. The Morgan fingerprint density at radius 2 is 2.00 bits per heavy atom. The molecule has 0 bridgehead atoms. The molecule has 0 atom stereocenters. The van der Waals surface area contributed by atoms with Gasteiger partial charge in [-0.2, -0.15) is 0 Å². The van der Waals surface area contributed by atoms with E-state index < -0.39 is 0 Å². The number of hydrogen-bond donors (Lipinski definition) is 0. The Morgan fingerprint density at radius 1 is 1.80 bits per heavy atom. The van der Waals surface area contributed by atoms with Crippen molar-refractivity contribution in [1.82, 2.24) is 0 Å². The van der Waals surface area contributed by atoms with Gasteiger partial charge in [0.1, 0.15) is 0 Å². The molecule has 0 aromatic rings. The number of hydrogen-bond acceptors (Lipinski definition) is 0. The van der Waals surface area contributed by atoms with Gasteiger partial charge in [-0.25, -0.2) is 0 Å². The van der Waals surface area contributed by atoms with Gasteiger partial charge in [0.05, 0.1) is 0 Å². The molecule has 30 valence electrons. The molecule has 5 heavy (non-hydrogen) atoms. The van der Waals surface area contributed by atoms with E-state index in [2.05, 4.69) is 6.58 Å². The van der Waals surface area contributed by atoms with Crippen molar-refractivity contribution in [3.8, 4) is 0 Å². The molecule has 2 heteroatoms. The second-order valence-corrected chi connectivity index (χ2v) is 1.79. The van der Waals surface area contributed by atoms with E-state index in [9.17, 15) is 0 Å². The minimum atomic E-state index is 0. The average molecular weight is 151 g/mol. The summed E-state index contributed by atoms with van der Waals surface area (Å²) in [6, 6.07) is 0. The Bertz CT molecular complexity index is 20.9. The van der Waals surface area contributed by atoms with Crippen LogP contribution in [-0.4, -0.2) is 16.5 Å². The maximum Gasteiger partial charge on any atom is -1.00 e. The van der Waals surface area contributed by atoms with Crippen LogP contribution in [0.15, 0.2) is 12.7 Å². The fourth-order valence-electron chi connectivity index (χ4n) is 0. The average Bonchev–Trinajstić information content (AvgIpc) is 1.37. The summed E-state index contributed by atoms with van der Waals surface area (Å²) in [4.78, 5) is 0. The SMILES string of the molecule is C=C[CH2][GeH2+].[Cl-]. The van der Waals surface area contributed by atoms with Gasteiger partial charge in [-0.15, -0.1) is 0 Å². The van der Waals surface area contributed by atoms with Crippen molar-refractivity contribution in [1.29, 1.82) is 0 Å². The topological polar surface area (TPSA) is 0 Å². The van der Waals surface area contributed by atoms with Crippen molar-refractivity contribution < 1.29 is 12.4 Å². The van der Waals surface area contributed by atoms with Crippen LogP contribution in [0.25, 0.3) is 0 Å². The number of allylic oxidation sites excluding steroid dienone is 1. The van der Waals surface area contributed by atoms with E-state index >= 15 is 0 Å². The minimum absolute atomic E-state index is 0. The van der Waals surface area contributed by atoms with Crippen molar-refractivity contribution >= 4 is 16.5 Å². The van der Waals surface area contributed by atoms with Crippen LogP contribution in [0.2, 0.25) is 5.25 Å². The van der Waals surface area contributed by atoms with Crippen molar-refractivity contribution in [3.05, 3.63) is 12.7 Å². The summed E-state index contributed by atoms with van der Waals surface area (Å²) in [6.07, 6.45) is 1.93. The van der Waals surface area contributed by atoms with Crippen LogP contribution >= 0.6 is 0 Å². The zero-order valence-electron chi connectivity index (χ0n) is 3.08. The molecule has 0 spiro atoms. The molecule has 0 unspecified atom stereocenters. The maximum atomic E-state index is 3.51. The first-order valence-corrected chi connectivity index (χ1v) is 3.41. The smallest absolute Gasteiger partial charge is 1.00 e. The van der Waals surface area contributed by atoms with Crippen LogP contribution in [0.5, 0.6) is 0 Å². The molecule has 0 amide bonds. The second-order valence-electron chi connectivity index (χ2n) is 0.577. The van der Waals surface area contributed by atoms with Gasteiger partial charge in [0.2, 0.25) is 0 Å². The van der Waals surface area contributed by atoms with Crippen LogP contribution < -0.4 is 12.4 Å². The van der Waals surface area contributed by atoms with Gasteiger partial charge in [-0.3, -0.25) is 0 Å². The summed E-state index contributed by atoms with van der Waals surface area (Å²) in [5.41, 5.74) is 0. The monoisotopic (exact) mass is 152 g/mol. The molecule has 0 fully saturated rings. The first-order valence-electron chi connectivity index (χ1n) is 1.32. The van der Waals surface area contributed by atoms with E-state index in [0.29, 0.717) is 0 Å². The van der Waals surface area contributed by atoms with Crippen molar-refractivity contribution in [2.75, 3.05) is 0 Å². The third kappa shape index (κ3) is 12.2. The van der Waals surface area contributed by atoms with Gasteiger partial charge in [0.25, 0.3) is 0 Å². The third-order valence-electron chi connectivity index (χ3n) is 0.204. The van der Waals surface area contributed by atoms with Crippen LogP contribution in [0.1, 0.15) is 0 Å². The Labute approximate surface area is 47.3 Å². The molecule has 0 nitrogen and oxygen atoms in total. The molecule has 0 rings (SSSR count). The summed E-state index contributed by atoms with van der Waals surface area (Å²) < 4.78 is 0. The van der Waals surface area contributed by atoms with Gasteiger partial charge >= 0.3 is 34.4 Å². The maximum absolute atomic E-state index is 3.51. The van der Waals surface area contributed by atoms with Gasteiger partial charge in [0, 0.05) is 0 Å². The van der Waals surface area contributed by atoms with Crippen molar-refractivity contribution in [2.45, 2.75) is 5.25 Å². The summed E-state index contributed by atoms with van der Waals surface area (Å²) in [5, 5.41) is 1.21. The van der Waals surface area contributed by atoms with Crippen LogP contribution in [0.3, 0.4) is 0 Å². The standard InChI is InChI=1S/C3H7Ge.ClH/c1-2-3-4;/h2H,1,3-4H2;1H/q+1;/p-1. The van der Waals surface area contributed by atoms with Gasteiger partial charge in [-0.05, 0) is 0 Å². The molecular formula is C3H7ClGe. The Hall–Kier alpha value is 0.573. The van der Waals surface area contributed by atoms with Crippen LogP contribution in [0, 0.1) is 0 Å². The molecule has 0 N–H and O–H groups in total. The van der Waals surface area contributed by atoms with Gasteiger partial charge < -0.3 is 12.4 Å². The molecule has 0 radical (unpaired) electrons. The van der Waals surface area contributed by atoms with E-state index in [4.69, 9.17) is 0 Å². The molecule has 0 aliphatic rings. The molecule has 0 saturated heterocycles. The van der Waals surface area contributed by atoms with Crippen LogP contribution in [-0.2, 0) is 0 Å². The summed E-state index contributed by atoms with van der Waals surface area (Å²) in [7, 11) is 0. The molecular weight excluding hydrogens is 144 g/mol. The van der Waals surface area contributed by atoms with E-state index in [1.165, 1.54) is 21.8 Å². The zero-order chi connectivity index (χ0) is 3.41. The molecule has 0 aliphatic heterocycles. The fourth-order valence-corrected chi connectivity index (χ4v) is 0. The number of rotatable bonds is 1. The largest absolute Gasteiger partial charge is 1.00 e. The summed E-state index contributed by atoms with van der Waals surface area (Å²) in [6.45, 7) is 3.51. The van der Waals surface area contributed by atoms with Gasteiger partial charge in [0.15, 0.2) is 0 Å². The number of halogens is 1. The molecule has 0 saturated carbocycles. The Kier molecular flexibility index (Phi) is 16.1. The first-order chi connectivity index (χ1) is 1.91. The zero-order valence-corrected chi connectivity index (χ0v) is 6.80. The summed E-state index contributed by atoms with van der Waals surface area (Å²) in [5.74, 6) is 0. The van der Waals surface area contributed by atoms with Crippen molar-refractivity contribution in [3.63, 3.8) is 0 Å². The fraction of sp³-hybridized carbons (Fsp3) is 0.333. The Morgan fingerprint density at radius 3 is 2.00 bits per heavy atom. The molecule has 0 aromatic heterocycles. The molecule has 0 aromatic carbocycles. The Balaban J connectivity index is 0. The minimum Gasteiger partial charge on any atom is -1.00 e. The third-order valence-corrected chi connectivity index (χ3v) is 1.06. The van der Waals surface area contributed by atoms with Crippen molar-refractivity contribution in [2.24, 2.45) is 0 Å². The van der Waals surface area contributed by atoms with E-state index in [1.54, 1.807) is 0 Å². The molecule has 0 aliphatic carbocycles. The van der Waals surface area contributed by atoms with E-state index in [-0.39, 0.29) is 12.4 Å². The predicted octanol–water partition coefficient (Wildman–Crippen LogP) is -2.77. The van der Waals surface area contributed by atoms with Crippen LogP contribution in [0.4, 0.5) is 0 Å².